The molecule has 1 atom stereocenters. The van der Waals surface area contributed by atoms with E-state index in [1.54, 1.807) is 13.2 Å². The number of hydrogen-bond acceptors (Lipinski definition) is 3. The van der Waals surface area contributed by atoms with Crippen molar-refractivity contribution in [3.63, 3.8) is 0 Å². The Labute approximate surface area is 90.1 Å². The molecular weight excluding hydrogens is 190 g/mol. The van der Waals surface area contributed by atoms with Crippen molar-refractivity contribution in [2.45, 2.75) is 25.3 Å². The molecule has 0 bridgehead atoms. The van der Waals surface area contributed by atoms with E-state index >= 15 is 0 Å². The summed E-state index contributed by atoms with van der Waals surface area (Å²) in [4.78, 5) is 0. The summed E-state index contributed by atoms with van der Waals surface area (Å²) in [5.41, 5.74) is 1.20. The Bertz CT molecular complexity index is 332. The first-order chi connectivity index (χ1) is 7.31. The van der Waals surface area contributed by atoms with Crippen LogP contribution in [0.15, 0.2) is 18.2 Å². The second-order valence-corrected chi connectivity index (χ2v) is 3.93. The molecule has 2 N–H and O–H groups in total. The van der Waals surface area contributed by atoms with E-state index in [1.165, 1.54) is 18.4 Å². The molecule has 1 aromatic carbocycles. The van der Waals surface area contributed by atoms with Gasteiger partial charge in [-0.2, -0.15) is 0 Å². The van der Waals surface area contributed by atoms with E-state index in [2.05, 4.69) is 5.32 Å². The summed E-state index contributed by atoms with van der Waals surface area (Å²) in [7, 11) is 1.58. The monoisotopic (exact) mass is 207 g/mol. The van der Waals surface area contributed by atoms with Gasteiger partial charge in [-0.15, -0.1) is 0 Å². The molecule has 1 saturated heterocycles. The average Bonchev–Trinajstić information content (AvgIpc) is 2.31. The van der Waals surface area contributed by atoms with Crippen molar-refractivity contribution in [3.8, 4) is 11.5 Å². The fourth-order valence-electron chi connectivity index (χ4n) is 2.05. The minimum Gasteiger partial charge on any atom is -0.504 e. The van der Waals surface area contributed by atoms with Gasteiger partial charge >= 0.3 is 0 Å². The van der Waals surface area contributed by atoms with Gasteiger partial charge < -0.3 is 15.2 Å². The molecule has 0 saturated carbocycles. The first kappa shape index (κ1) is 10.3. The molecule has 1 aliphatic heterocycles. The predicted octanol–water partition coefficient (Wildman–Crippen LogP) is 2.22. The molecule has 0 aromatic heterocycles. The minimum atomic E-state index is 0.206. The normalized spacial score (nSPS) is 21.3. The zero-order chi connectivity index (χ0) is 10.7. The number of phenolic OH excluding ortho intramolecular Hbond substituents is 1. The fourth-order valence-corrected chi connectivity index (χ4v) is 2.05. The smallest absolute Gasteiger partial charge is 0.160 e. The zero-order valence-corrected chi connectivity index (χ0v) is 8.99. The van der Waals surface area contributed by atoms with E-state index in [9.17, 15) is 5.11 Å². The molecule has 1 heterocycles. The molecule has 15 heavy (non-hydrogen) atoms. The van der Waals surface area contributed by atoms with Crippen LogP contribution in [0.3, 0.4) is 0 Å². The highest BCUT2D eigenvalue weighted by Crippen LogP contribution is 2.31. The van der Waals surface area contributed by atoms with Gasteiger partial charge in [0.25, 0.3) is 0 Å². The number of piperidine rings is 1. The van der Waals surface area contributed by atoms with E-state index in [0.29, 0.717) is 11.8 Å². The molecule has 0 aliphatic carbocycles. The second kappa shape index (κ2) is 4.53. The molecule has 0 radical (unpaired) electrons. The lowest BCUT2D eigenvalue weighted by molar-refractivity contribution is 0.369. The van der Waals surface area contributed by atoms with Crippen molar-refractivity contribution < 1.29 is 9.84 Å². The summed E-state index contributed by atoms with van der Waals surface area (Å²) < 4.78 is 5.10. The van der Waals surface area contributed by atoms with Crippen LogP contribution < -0.4 is 10.1 Å². The molecule has 82 valence electrons. The van der Waals surface area contributed by atoms with Crippen molar-refractivity contribution in [2.75, 3.05) is 13.7 Å². The van der Waals surface area contributed by atoms with Crippen LogP contribution >= 0.6 is 0 Å². The van der Waals surface area contributed by atoms with Gasteiger partial charge in [-0.25, -0.2) is 0 Å². The highest BCUT2D eigenvalue weighted by atomic mass is 16.5. The van der Waals surface area contributed by atoms with Crippen LogP contribution in [0.25, 0.3) is 0 Å². The molecule has 1 aliphatic rings. The van der Waals surface area contributed by atoms with Gasteiger partial charge in [0.05, 0.1) is 7.11 Å². The molecule has 1 fully saturated rings. The number of ether oxygens (including phenoxy) is 1. The largest absolute Gasteiger partial charge is 0.504 e. The third kappa shape index (κ3) is 2.23. The SMILES string of the molecule is COc1cc([C@H]2CCCCN2)ccc1O. The Balaban J connectivity index is 2.20. The zero-order valence-electron chi connectivity index (χ0n) is 8.99. The number of nitrogens with one attached hydrogen (secondary N) is 1. The molecule has 1 aromatic rings. The van der Waals surface area contributed by atoms with Crippen LogP contribution in [0.5, 0.6) is 11.5 Å². The summed E-state index contributed by atoms with van der Waals surface area (Å²) in [6.07, 6.45) is 3.68. The number of hydrogen-bond donors (Lipinski definition) is 2. The lowest BCUT2D eigenvalue weighted by Crippen LogP contribution is -2.26. The summed E-state index contributed by atoms with van der Waals surface area (Å²) in [6, 6.07) is 5.98. The van der Waals surface area contributed by atoms with Crippen molar-refractivity contribution >= 4 is 0 Å². The fraction of sp³-hybridized carbons (Fsp3) is 0.500. The van der Waals surface area contributed by atoms with Crippen LogP contribution in [-0.2, 0) is 0 Å². The first-order valence-corrected chi connectivity index (χ1v) is 5.41. The molecule has 3 heteroatoms. The van der Waals surface area contributed by atoms with Crippen LogP contribution in [0.1, 0.15) is 30.9 Å². The molecule has 2 rings (SSSR count). The van der Waals surface area contributed by atoms with Gasteiger partial charge in [-0.3, -0.25) is 0 Å². The third-order valence-corrected chi connectivity index (χ3v) is 2.92. The third-order valence-electron chi connectivity index (χ3n) is 2.92. The van der Waals surface area contributed by atoms with Gasteiger partial charge in [-0.1, -0.05) is 12.5 Å². The standard InChI is InChI=1S/C12H17NO2/c1-15-12-8-9(5-6-11(12)14)10-4-2-3-7-13-10/h5-6,8,10,13-14H,2-4,7H2,1H3/t10-/m1/s1. The van der Waals surface area contributed by atoms with E-state index in [-0.39, 0.29) is 5.75 Å². The van der Waals surface area contributed by atoms with Crippen LogP contribution in [0.2, 0.25) is 0 Å². The van der Waals surface area contributed by atoms with Crippen LogP contribution in [0.4, 0.5) is 0 Å². The van der Waals surface area contributed by atoms with E-state index in [0.717, 1.165) is 13.0 Å². The summed E-state index contributed by atoms with van der Waals surface area (Å²) in [5, 5.41) is 13.0. The number of aromatic hydroxyl groups is 1. The van der Waals surface area contributed by atoms with Crippen LogP contribution in [-0.4, -0.2) is 18.8 Å². The number of benzene rings is 1. The average molecular weight is 207 g/mol. The molecule has 0 spiro atoms. The Hall–Kier alpha value is -1.22. The maximum atomic E-state index is 9.49. The summed E-state index contributed by atoms with van der Waals surface area (Å²) in [5.74, 6) is 0.761. The Morgan fingerprint density at radius 1 is 1.40 bits per heavy atom. The second-order valence-electron chi connectivity index (χ2n) is 3.93. The van der Waals surface area contributed by atoms with E-state index in [4.69, 9.17) is 4.74 Å². The Kier molecular flexibility index (Phi) is 3.11. The molecule has 3 nitrogen and oxygen atoms in total. The number of methoxy groups -OCH3 is 1. The van der Waals surface area contributed by atoms with Crippen LogP contribution in [0, 0.1) is 0 Å². The van der Waals surface area contributed by atoms with Crippen molar-refractivity contribution in [1.29, 1.82) is 0 Å². The first-order valence-electron chi connectivity index (χ1n) is 5.41. The Morgan fingerprint density at radius 3 is 2.93 bits per heavy atom. The maximum Gasteiger partial charge on any atom is 0.160 e. The van der Waals surface area contributed by atoms with Crippen molar-refractivity contribution in [1.82, 2.24) is 5.32 Å². The van der Waals surface area contributed by atoms with E-state index in [1.807, 2.05) is 12.1 Å². The van der Waals surface area contributed by atoms with Crippen molar-refractivity contribution in [3.05, 3.63) is 23.8 Å². The van der Waals surface area contributed by atoms with Crippen molar-refractivity contribution in [2.24, 2.45) is 0 Å². The number of rotatable bonds is 2. The topological polar surface area (TPSA) is 41.5 Å². The molecule has 0 amide bonds. The lowest BCUT2D eigenvalue weighted by Gasteiger charge is -2.24. The van der Waals surface area contributed by atoms with Gasteiger partial charge in [0, 0.05) is 6.04 Å². The number of phenols is 1. The highest BCUT2D eigenvalue weighted by Gasteiger charge is 2.15. The maximum absolute atomic E-state index is 9.49. The molecule has 0 unspecified atom stereocenters. The predicted molar refractivity (Wildman–Crippen MR) is 59.3 cm³/mol. The highest BCUT2D eigenvalue weighted by molar-refractivity contribution is 5.42. The van der Waals surface area contributed by atoms with Gasteiger partial charge in [-0.05, 0) is 37.1 Å². The Morgan fingerprint density at radius 2 is 2.27 bits per heavy atom. The van der Waals surface area contributed by atoms with Gasteiger partial charge in [0.1, 0.15) is 0 Å². The van der Waals surface area contributed by atoms with Gasteiger partial charge in [0.2, 0.25) is 0 Å². The molecular formula is C12H17NO2. The van der Waals surface area contributed by atoms with Gasteiger partial charge in [0.15, 0.2) is 11.5 Å². The summed E-state index contributed by atoms with van der Waals surface area (Å²) in [6.45, 7) is 1.08. The summed E-state index contributed by atoms with van der Waals surface area (Å²) >= 11 is 0. The minimum absolute atomic E-state index is 0.206. The van der Waals surface area contributed by atoms with E-state index < -0.39 is 0 Å². The quantitative estimate of drug-likeness (QED) is 0.781. The lowest BCUT2D eigenvalue weighted by atomic mass is 9.97.